The number of nitrogens with two attached hydrogens (primary N) is 1. The molecule has 1 fully saturated rings. The van der Waals surface area contributed by atoms with Crippen LogP contribution in [0.25, 0.3) is 0 Å². The van der Waals surface area contributed by atoms with Crippen LogP contribution in [0, 0.1) is 0 Å². The molecule has 2 amide bonds. The number of hydrogen-bond acceptors (Lipinski definition) is 2. The first-order valence-electron chi connectivity index (χ1n) is 4.25. The molecule has 0 saturated heterocycles. The molecular weight excluding hydrogens is 156 g/mol. The van der Waals surface area contributed by atoms with E-state index in [4.69, 9.17) is 10.5 Å². The predicted octanol–water partition coefficient (Wildman–Crippen LogP) is 0.612. The summed E-state index contributed by atoms with van der Waals surface area (Å²) in [4.78, 5) is 10.4. The molecule has 0 aromatic heterocycles. The smallest absolute Gasteiger partial charge is 0.312 e. The normalized spacial score (nSPS) is 34.0. The minimum Gasteiger partial charge on any atom is -0.375 e. The molecule has 1 rings (SSSR count). The Bertz CT molecular complexity index is 176. The molecule has 1 aliphatic rings. The summed E-state index contributed by atoms with van der Waals surface area (Å²) in [6, 6.07) is -0.238. The third kappa shape index (κ3) is 2.11. The second-order valence-corrected chi connectivity index (χ2v) is 3.50. The van der Waals surface area contributed by atoms with E-state index < -0.39 is 6.03 Å². The largest absolute Gasteiger partial charge is 0.375 e. The summed E-state index contributed by atoms with van der Waals surface area (Å²) in [5, 5.41) is 2.65. The van der Waals surface area contributed by atoms with Gasteiger partial charge in [-0.25, -0.2) is 4.79 Å². The van der Waals surface area contributed by atoms with Crippen molar-refractivity contribution in [2.75, 3.05) is 6.61 Å². The maximum Gasteiger partial charge on any atom is 0.312 e. The first kappa shape index (κ1) is 9.32. The van der Waals surface area contributed by atoms with Crippen molar-refractivity contribution < 1.29 is 9.53 Å². The van der Waals surface area contributed by atoms with Crippen LogP contribution in [0.2, 0.25) is 0 Å². The van der Waals surface area contributed by atoms with Crippen LogP contribution in [0.1, 0.15) is 26.7 Å². The summed E-state index contributed by atoms with van der Waals surface area (Å²) >= 11 is 0. The molecule has 0 aromatic rings. The highest BCUT2D eigenvalue weighted by atomic mass is 16.5. The van der Waals surface area contributed by atoms with Crippen molar-refractivity contribution in [2.24, 2.45) is 5.73 Å². The summed E-state index contributed by atoms with van der Waals surface area (Å²) in [6.07, 6.45) is 1.73. The van der Waals surface area contributed by atoms with Crippen LogP contribution in [-0.4, -0.2) is 24.3 Å². The van der Waals surface area contributed by atoms with E-state index in [9.17, 15) is 4.79 Å². The SMILES string of the molecule is CCO[C@]1(C)C[C@H](NC(N)=O)C1. The highest BCUT2D eigenvalue weighted by Gasteiger charge is 2.41. The Labute approximate surface area is 72.5 Å². The van der Waals surface area contributed by atoms with Gasteiger partial charge in [-0.2, -0.15) is 0 Å². The fourth-order valence-electron chi connectivity index (χ4n) is 1.75. The van der Waals surface area contributed by atoms with E-state index in [-0.39, 0.29) is 11.6 Å². The Morgan fingerprint density at radius 3 is 2.75 bits per heavy atom. The number of ether oxygens (including phenoxy) is 1. The molecule has 0 radical (unpaired) electrons. The zero-order valence-electron chi connectivity index (χ0n) is 7.59. The van der Waals surface area contributed by atoms with Gasteiger partial charge in [0.15, 0.2) is 0 Å². The third-order valence-corrected chi connectivity index (χ3v) is 2.20. The van der Waals surface area contributed by atoms with Crippen LogP contribution in [0.5, 0.6) is 0 Å². The molecule has 0 unspecified atom stereocenters. The Morgan fingerprint density at radius 2 is 2.33 bits per heavy atom. The van der Waals surface area contributed by atoms with Crippen LogP contribution < -0.4 is 11.1 Å². The Balaban J connectivity index is 2.22. The van der Waals surface area contributed by atoms with Gasteiger partial charge in [0.1, 0.15) is 0 Å². The van der Waals surface area contributed by atoms with Gasteiger partial charge in [0.25, 0.3) is 0 Å². The van der Waals surface area contributed by atoms with Crippen molar-refractivity contribution in [3.8, 4) is 0 Å². The zero-order valence-corrected chi connectivity index (χ0v) is 7.59. The average molecular weight is 172 g/mol. The van der Waals surface area contributed by atoms with Crippen LogP contribution in [0.4, 0.5) is 4.79 Å². The molecule has 0 aliphatic heterocycles. The van der Waals surface area contributed by atoms with Gasteiger partial charge in [-0.3, -0.25) is 0 Å². The lowest BCUT2D eigenvalue weighted by atomic mass is 9.77. The summed E-state index contributed by atoms with van der Waals surface area (Å²) in [5.74, 6) is 0. The summed E-state index contributed by atoms with van der Waals surface area (Å²) < 4.78 is 5.48. The first-order chi connectivity index (χ1) is 5.56. The minimum atomic E-state index is -0.446. The van der Waals surface area contributed by atoms with Gasteiger partial charge in [-0.15, -0.1) is 0 Å². The summed E-state index contributed by atoms with van der Waals surface area (Å²) in [6.45, 7) is 4.75. The quantitative estimate of drug-likeness (QED) is 0.655. The van der Waals surface area contributed by atoms with Gasteiger partial charge in [-0.05, 0) is 26.7 Å². The van der Waals surface area contributed by atoms with Crippen LogP contribution in [0.3, 0.4) is 0 Å². The molecule has 0 spiro atoms. The second-order valence-electron chi connectivity index (χ2n) is 3.50. The van der Waals surface area contributed by atoms with Crippen LogP contribution in [-0.2, 0) is 4.74 Å². The van der Waals surface area contributed by atoms with Crippen LogP contribution in [0.15, 0.2) is 0 Å². The molecule has 0 heterocycles. The molecule has 4 nitrogen and oxygen atoms in total. The number of nitrogens with one attached hydrogen (secondary N) is 1. The number of carbonyl (C=O) groups excluding carboxylic acids is 1. The topological polar surface area (TPSA) is 64.3 Å². The average Bonchev–Trinajstić information content (AvgIpc) is 1.83. The highest BCUT2D eigenvalue weighted by Crippen LogP contribution is 2.35. The van der Waals surface area contributed by atoms with Crippen molar-refractivity contribution in [3.63, 3.8) is 0 Å². The van der Waals surface area contributed by atoms with E-state index >= 15 is 0 Å². The van der Waals surface area contributed by atoms with E-state index in [1.165, 1.54) is 0 Å². The molecule has 0 atom stereocenters. The van der Waals surface area contributed by atoms with Gasteiger partial charge in [0, 0.05) is 12.6 Å². The van der Waals surface area contributed by atoms with Crippen molar-refractivity contribution in [1.82, 2.24) is 5.32 Å². The molecule has 0 aromatic carbocycles. The van der Waals surface area contributed by atoms with Gasteiger partial charge >= 0.3 is 6.03 Å². The number of urea groups is 1. The molecule has 0 bridgehead atoms. The standard InChI is InChI=1S/C8H16N2O2/c1-3-12-8(2)4-6(5-8)10-7(9)11/h6H,3-5H2,1-2H3,(H3,9,10,11)/t6-,8+. The fraction of sp³-hybridized carbons (Fsp3) is 0.875. The Kier molecular flexibility index (Phi) is 2.57. The van der Waals surface area contributed by atoms with E-state index in [0.717, 1.165) is 19.4 Å². The fourth-order valence-corrected chi connectivity index (χ4v) is 1.75. The van der Waals surface area contributed by atoms with E-state index in [1.807, 2.05) is 6.92 Å². The lowest BCUT2D eigenvalue weighted by Crippen LogP contribution is -2.55. The molecule has 70 valence electrons. The molecule has 1 aliphatic carbocycles. The molecular formula is C8H16N2O2. The van der Waals surface area contributed by atoms with Crippen molar-refractivity contribution in [3.05, 3.63) is 0 Å². The maximum absolute atomic E-state index is 10.4. The maximum atomic E-state index is 10.4. The number of primary amides is 1. The summed E-state index contributed by atoms with van der Waals surface area (Å²) in [7, 11) is 0. The number of carbonyl (C=O) groups is 1. The lowest BCUT2D eigenvalue weighted by Gasteiger charge is -2.44. The van der Waals surface area contributed by atoms with Crippen LogP contribution >= 0.6 is 0 Å². The number of amides is 2. The predicted molar refractivity (Wildman–Crippen MR) is 45.8 cm³/mol. The zero-order chi connectivity index (χ0) is 9.19. The van der Waals surface area contributed by atoms with Crippen molar-refractivity contribution in [1.29, 1.82) is 0 Å². The molecule has 4 heteroatoms. The first-order valence-corrected chi connectivity index (χ1v) is 4.25. The Hall–Kier alpha value is -0.770. The third-order valence-electron chi connectivity index (χ3n) is 2.20. The molecule has 12 heavy (non-hydrogen) atoms. The van der Waals surface area contributed by atoms with Gasteiger partial charge in [0.05, 0.1) is 5.60 Å². The van der Waals surface area contributed by atoms with Crippen molar-refractivity contribution >= 4 is 6.03 Å². The molecule has 1 saturated carbocycles. The lowest BCUT2D eigenvalue weighted by molar-refractivity contribution is -0.0939. The van der Waals surface area contributed by atoms with Gasteiger partial charge in [-0.1, -0.05) is 0 Å². The van der Waals surface area contributed by atoms with Crippen molar-refractivity contribution in [2.45, 2.75) is 38.3 Å². The number of hydrogen-bond donors (Lipinski definition) is 2. The van der Waals surface area contributed by atoms with Gasteiger partial charge < -0.3 is 15.8 Å². The highest BCUT2D eigenvalue weighted by molar-refractivity contribution is 5.72. The number of rotatable bonds is 3. The summed E-state index contributed by atoms with van der Waals surface area (Å²) in [5.41, 5.74) is 4.93. The van der Waals surface area contributed by atoms with E-state index in [2.05, 4.69) is 12.2 Å². The second kappa shape index (κ2) is 3.31. The molecule has 3 N–H and O–H groups in total. The monoisotopic (exact) mass is 172 g/mol. The minimum absolute atomic E-state index is 0.0398. The van der Waals surface area contributed by atoms with E-state index in [1.54, 1.807) is 0 Å². The van der Waals surface area contributed by atoms with Gasteiger partial charge in [0.2, 0.25) is 0 Å². The Morgan fingerprint density at radius 1 is 1.75 bits per heavy atom. The van der Waals surface area contributed by atoms with E-state index in [0.29, 0.717) is 0 Å².